The van der Waals surface area contributed by atoms with Gasteiger partial charge >= 0.3 is 0 Å². The highest BCUT2D eigenvalue weighted by Crippen LogP contribution is 2.32. The van der Waals surface area contributed by atoms with E-state index in [1.807, 2.05) is 43.3 Å². The topological polar surface area (TPSA) is 47.6 Å². The number of hydrogen-bond acceptors (Lipinski definition) is 4. The summed E-state index contributed by atoms with van der Waals surface area (Å²) >= 11 is 1.78. The van der Waals surface area contributed by atoms with E-state index in [4.69, 9.17) is 9.47 Å². The van der Waals surface area contributed by atoms with E-state index in [1.54, 1.807) is 11.8 Å². The summed E-state index contributed by atoms with van der Waals surface area (Å²) in [5.74, 6) is 3.34. The standard InChI is InChI=1S/C20H23NO3S/c1-15(17-7-8-18-19(13-17)24-11-10-23-18)21-20(22)9-12-25-14-16-5-3-2-4-6-16/h2-8,13,15H,9-12,14H2,1H3,(H,21,22)/t15-/m0/s1. The van der Waals surface area contributed by atoms with Gasteiger partial charge in [0.05, 0.1) is 6.04 Å². The van der Waals surface area contributed by atoms with Crippen molar-refractivity contribution in [3.8, 4) is 11.5 Å². The average Bonchev–Trinajstić information content (AvgIpc) is 2.65. The number of ether oxygens (including phenoxy) is 2. The molecule has 0 radical (unpaired) electrons. The first-order valence-electron chi connectivity index (χ1n) is 8.53. The Morgan fingerprint density at radius 3 is 2.68 bits per heavy atom. The molecule has 0 fully saturated rings. The van der Waals surface area contributed by atoms with Crippen molar-refractivity contribution in [3.05, 3.63) is 59.7 Å². The van der Waals surface area contributed by atoms with Gasteiger partial charge in [0, 0.05) is 17.9 Å². The maximum absolute atomic E-state index is 12.1. The fraction of sp³-hybridized carbons (Fsp3) is 0.350. The van der Waals surface area contributed by atoms with E-state index in [9.17, 15) is 4.79 Å². The van der Waals surface area contributed by atoms with Crippen LogP contribution >= 0.6 is 11.8 Å². The zero-order valence-corrected chi connectivity index (χ0v) is 15.2. The number of carbonyl (C=O) groups excluding carboxylic acids is 1. The number of benzene rings is 2. The van der Waals surface area contributed by atoms with Gasteiger partial charge in [0.2, 0.25) is 5.91 Å². The molecule has 0 spiro atoms. The Hall–Kier alpha value is -2.14. The van der Waals surface area contributed by atoms with Gasteiger partial charge in [-0.05, 0) is 30.2 Å². The van der Waals surface area contributed by atoms with Crippen LogP contribution in [0.3, 0.4) is 0 Å². The molecule has 4 nitrogen and oxygen atoms in total. The Labute approximate surface area is 152 Å². The minimum Gasteiger partial charge on any atom is -0.486 e. The summed E-state index contributed by atoms with van der Waals surface area (Å²) in [5, 5.41) is 3.05. The first-order valence-corrected chi connectivity index (χ1v) is 9.68. The van der Waals surface area contributed by atoms with Crippen LogP contribution in [-0.2, 0) is 10.5 Å². The van der Waals surface area contributed by atoms with Crippen molar-refractivity contribution in [3.63, 3.8) is 0 Å². The van der Waals surface area contributed by atoms with Crippen molar-refractivity contribution in [1.82, 2.24) is 5.32 Å². The van der Waals surface area contributed by atoms with E-state index >= 15 is 0 Å². The number of amides is 1. The summed E-state index contributed by atoms with van der Waals surface area (Å²) in [5.41, 5.74) is 2.31. The van der Waals surface area contributed by atoms with Crippen molar-refractivity contribution in [2.75, 3.05) is 19.0 Å². The van der Waals surface area contributed by atoms with Gasteiger partial charge in [0.25, 0.3) is 0 Å². The van der Waals surface area contributed by atoms with E-state index < -0.39 is 0 Å². The van der Waals surface area contributed by atoms with Gasteiger partial charge in [-0.25, -0.2) is 0 Å². The fourth-order valence-corrected chi connectivity index (χ4v) is 3.56. The average molecular weight is 357 g/mol. The molecule has 0 bridgehead atoms. The van der Waals surface area contributed by atoms with E-state index in [2.05, 4.69) is 17.4 Å². The molecular weight excluding hydrogens is 334 g/mol. The molecule has 2 aromatic carbocycles. The molecule has 1 N–H and O–H groups in total. The van der Waals surface area contributed by atoms with Crippen LogP contribution in [0.15, 0.2) is 48.5 Å². The molecule has 1 heterocycles. The number of nitrogens with one attached hydrogen (secondary N) is 1. The molecule has 25 heavy (non-hydrogen) atoms. The lowest BCUT2D eigenvalue weighted by Crippen LogP contribution is -2.27. The van der Waals surface area contributed by atoms with Crippen LogP contribution in [-0.4, -0.2) is 24.9 Å². The Balaban J connectivity index is 1.43. The van der Waals surface area contributed by atoms with Crippen LogP contribution in [0.1, 0.15) is 30.5 Å². The molecule has 2 aromatic rings. The van der Waals surface area contributed by atoms with Gasteiger partial charge in [-0.2, -0.15) is 11.8 Å². The third-order valence-corrected chi connectivity index (χ3v) is 5.06. The second-order valence-corrected chi connectivity index (χ2v) is 7.09. The normalized spacial score (nSPS) is 14.0. The number of fused-ring (bicyclic) bond motifs is 1. The van der Waals surface area contributed by atoms with Crippen molar-refractivity contribution < 1.29 is 14.3 Å². The molecule has 1 aliphatic rings. The summed E-state index contributed by atoms with van der Waals surface area (Å²) in [6.45, 7) is 3.13. The minimum atomic E-state index is -0.0533. The highest BCUT2D eigenvalue weighted by molar-refractivity contribution is 7.98. The summed E-state index contributed by atoms with van der Waals surface area (Å²) in [7, 11) is 0. The number of hydrogen-bond donors (Lipinski definition) is 1. The highest BCUT2D eigenvalue weighted by atomic mass is 32.2. The van der Waals surface area contributed by atoms with Crippen molar-refractivity contribution in [2.45, 2.75) is 25.1 Å². The van der Waals surface area contributed by atoms with E-state index in [0.717, 1.165) is 28.6 Å². The zero-order valence-electron chi connectivity index (χ0n) is 14.4. The van der Waals surface area contributed by atoms with Crippen molar-refractivity contribution in [1.29, 1.82) is 0 Å². The monoisotopic (exact) mass is 357 g/mol. The molecule has 1 aliphatic heterocycles. The summed E-state index contributed by atoms with van der Waals surface area (Å²) < 4.78 is 11.1. The van der Waals surface area contributed by atoms with Gasteiger partial charge in [-0.3, -0.25) is 4.79 Å². The van der Waals surface area contributed by atoms with Gasteiger partial charge in [-0.15, -0.1) is 0 Å². The molecule has 3 rings (SSSR count). The first kappa shape index (κ1) is 17.7. The number of rotatable bonds is 7. The van der Waals surface area contributed by atoms with E-state index in [0.29, 0.717) is 19.6 Å². The molecule has 0 saturated heterocycles. The van der Waals surface area contributed by atoms with Crippen LogP contribution < -0.4 is 14.8 Å². The lowest BCUT2D eigenvalue weighted by atomic mass is 10.1. The third kappa shape index (κ3) is 5.16. The zero-order chi connectivity index (χ0) is 17.5. The van der Waals surface area contributed by atoms with Crippen molar-refractivity contribution in [2.24, 2.45) is 0 Å². The first-order chi connectivity index (χ1) is 12.2. The summed E-state index contributed by atoms with van der Waals surface area (Å²) in [6.07, 6.45) is 0.520. The lowest BCUT2D eigenvalue weighted by molar-refractivity contribution is -0.121. The van der Waals surface area contributed by atoms with Gasteiger partial charge in [0.1, 0.15) is 13.2 Å². The van der Waals surface area contributed by atoms with E-state index in [-0.39, 0.29) is 11.9 Å². The SMILES string of the molecule is C[C@H](NC(=O)CCSCc1ccccc1)c1ccc2c(c1)OCCO2. The van der Waals surface area contributed by atoms with E-state index in [1.165, 1.54) is 5.56 Å². The molecule has 132 valence electrons. The smallest absolute Gasteiger partial charge is 0.221 e. The lowest BCUT2D eigenvalue weighted by Gasteiger charge is -2.21. The number of thioether (sulfide) groups is 1. The van der Waals surface area contributed by atoms with Gasteiger partial charge in [-0.1, -0.05) is 36.4 Å². The number of carbonyl (C=O) groups is 1. The fourth-order valence-electron chi connectivity index (χ4n) is 2.66. The van der Waals surface area contributed by atoms with Crippen LogP contribution in [0.25, 0.3) is 0 Å². The molecular formula is C20H23NO3S. The molecule has 0 saturated carbocycles. The molecule has 5 heteroatoms. The third-order valence-electron chi connectivity index (χ3n) is 4.03. The maximum Gasteiger partial charge on any atom is 0.221 e. The maximum atomic E-state index is 12.1. The quantitative estimate of drug-likeness (QED) is 0.762. The second kappa shape index (κ2) is 8.81. The predicted octanol–water partition coefficient (Wildman–Crippen LogP) is 3.96. The molecule has 1 atom stereocenters. The van der Waals surface area contributed by atoms with Crippen LogP contribution in [0.2, 0.25) is 0 Å². The minimum absolute atomic E-state index is 0.0533. The van der Waals surface area contributed by atoms with Crippen molar-refractivity contribution >= 4 is 17.7 Å². The van der Waals surface area contributed by atoms with Gasteiger partial charge < -0.3 is 14.8 Å². The van der Waals surface area contributed by atoms with Gasteiger partial charge in [0.15, 0.2) is 11.5 Å². The molecule has 1 amide bonds. The molecule has 0 aromatic heterocycles. The Bertz CT molecular complexity index is 705. The Morgan fingerprint density at radius 2 is 1.88 bits per heavy atom. The Kier molecular flexibility index (Phi) is 6.23. The summed E-state index contributed by atoms with van der Waals surface area (Å²) in [4.78, 5) is 12.1. The van der Waals surface area contributed by atoms with Crippen LogP contribution in [0, 0.1) is 0 Å². The van der Waals surface area contributed by atoms with Crippen LogP contribution in [0.5, 0.6) is 11.5 Å². The summed E-state index contributed by atoms with van der Waals surface area (Å²) in [6, 6.07) is 16.1. The Morgan fingerprint density at radius 1 is 1.12 bits per heavy atom. The largest absolute Gasteiger partial charge is 0.486 e. The second-order valence-electron chi connectivity index (χ2n) is 5.98. The van der Waals surface area contributed by atoms with Crippen LogP contribution in [0.4, 0.5) is 0 Å². The molecule has 0 unspecified atom stereocenters. The predicted molar refractivity (Wildman–Crippen MR) is 101 cm³/mol. The highest BCUT2D eigenvalue weighted by Gasteiger charge is 2.15. The molecule has 0 aliphatic carbocycles.